The summed E-state index contributed by atoms with van der Waals surface area (Å²) in [5, 5.41) is 12.0. The van der Waals surface area contributed by atoms with Crippen molar-refractivity contribution < 1.29 is 14.5 Å². The fourth-order valence-electron chi connectivity index (χ4n) is 3.86. The first kappa shape index (κ1) is 26.3. The van der Waals surface area contributed by atoms with E-state index in [2.05, 4.69) is 4.90 Å². The second kappa shape index (κ2) is 11.4. The van der Waals surface area contributed by atoms with Crippen LogP contribution in [0.25, 0.3) is 10.2 Å². The second-order valence-corrected chi connectivity index (χ2v) is 9.44. The maximum Gasteiger partial charge on any atom is 0.270 e. The molecule has 1 aromatic heterocycles. The summed E-state index contributed by atoms with van der Waals surface area (Å²) in [4.78, 5) is 33.1. The summed E-state index contributed by atoms with van der Waals surface area (Å²) >= 11 is 7.76. The Balaban J connectivity index is 0.00000324. The van der Waals surface area contributed by atoms with Gasteiger partial charge in [0.2, 0.25) is 0 Å². The Morgan fingerprint density at radius 1 is 1.24 bits per heavy atom. The van der Waals surface area contributed by atoms with Crippen LogP contribution in [0.15, 0.2) is 30.3 Å². The van der Waals surface area contributed by atoms with E-state index in [1.54, 1.807) is 4.90 Å². The van der Waals surface area contributed by atoms with Crippen molar-refractivity contribution >= 4 is 62.3 Å². The molecule has 182 valence electrons. The largest absolute Gasteiger partial charge is 0.379 e. The van der Waals surface area contributed by atoms with Crippen LogP contribution in [0.2, 0.25) is 5.02 Å². The highest BCUT2D eigenvalue weighted by atomic mass is 35.5. The Morgan fingerprint density at radius 2 is 1.94 bits per heavy atom. The van der Waals surface area contributed by atoms with E-state index in [0.29, 0.717) is 24.9 Å². The van der Waals surface area contributed by atoms with Crippen molar-refractivity contribution in [2.45, 2.75) is 20.3 Å². The minimum atomic E-state index is -0.527. The quantitative estimate of drug-likeness (QED) is 0.309. The topological polar surface area (TPSA) is 88.8 Å². The molecule has 11 heteroatoms. The average molecular weight is 525 g/mol. The Bertz CT molecular complexity index is 1160. The number of anilines is 1. The van der Waals surface area contributed by atoms with Gasteiger partial charge in [0.25, 0.3) is 11.6 Å². The van der Waals surface area contributed by atoms with Crippen molar-refractivity contribution in [3.05, 3.63) is 62.2 Å². The smallest absolute Gasteiger partial charge is 0.270 e. The number of aromatic nitrogens is 1. The highest BCUT2D eigenvalue weighted by molar-refractivity contribution is 7.22. The lowest BCUT2D eigenvalue weighted by Crippen LogP contribution is -2.39. The van der Waals surface area contributed by atoms with Crippen LogP contribution >= 0.6 is 35.3 Å². The first-order chi connectivity index (χ1) is 15.8. The van der Waals surface area contributed by atoms with Gasteiger partial charge in [0, 0.05) is 38.3 Å². The highest BCUT2D eigenvalue weighted by Crippen LogP contribution is 2.34. The third-order valence-electron chi connectivity index (χ3n) is 5.76. The molecule has 0 saturated carbocycles. The third-order valence-corrected chi connectivity index (χ3v) is 7.30. The van der Waals surface area contributed by atoms with Crippen LogP contribution in [-0.2, 0) is 4.74 Å². The number of hydrogen-bond acceptors (Lipinski definition) is 7. The van der Waals surface area contributed by atoms with E-state index in [1.165, 1.54) is 29.5 Å². The molecule has 1 saturated heterocycles. The standard InChI is InChI=1S/C23H25ClN4O4S.ClH/c1-15-4-5-16(2)21-20(15)25-23(33-21)27(9-3-8-26-10-12-32-13-11-26)22(29)18-14-17(28(30)31)6-7-19(18)24;/h4-7,14H,3,8-13H2,1-2H3;1H. The van der Waals surface area contributed by atoms with Crippen LogP contribution in [0.3, 0.4) is 0 Å². The minimum absolute atomic E-state index is 0. The molecule has 0 bridgehead atoms. The molecule has 0 spiro atoms. The van der Waals surface area contributed by atoms with Crippen molar-refractivity contribution in [2.75, 3.05) is 44.3 Å². The van der Waals surface area contributed by atoms with Gasteiger partial charge in [-0.2, -0.15) is 0 Å². The third kappa shape index (κ3) is 5.67. The summed E-state index contributed by atoms with van der Waals surface area (Å²) in [5.41, 5.74) is 2.92. The molecule has 0 aliphatic carbocycles. The van der Waals surface area contributed by atoms with E-state index < -0.39 is 4.92 Å². The number of fused-ring (bicyclic) bond motifs is 1. The number of carbonyl (C=O) groups is 1. The summed E-state index contributed by atoms with van der Waals surface area (Å²) in [5.74, 6) is -0.389. The van der Waals surface area contributed by atoms with Gasteiger partial charge in [0.05, 0.1) is 38.9 Å². The second-order valence-electron chi connectivity index (χ2n) is 8.06. The van der Waals surface area contributed by atoms with E-state index >= 15 is 0 Å². The average Bonchev–Trinajstić information content (AvgIpc) is 3.26. The van der Waals surface area contributed by atoms with Gasteiger partial charge in [-0.1, -0.05) is 35.1 Å². The monoisotopic (exact) mass is 524 g/mol. The predicted octanol–water partition coefficient (Wildman–Crippen LogP) is 5.27. The molecular formula is C23H26Cl2N4O4S. The zero-order chi connectivity index (χ0) is 23.5. The molecule has 1 aliphatic rings. The summed E-state index contributed by atoms with van der Waals surface area (Å²) < 4.78 is 6.44. The molecular weight excluding hydrogens is 499 g/mol. The van der Waals surface area contributed by atoms with Crippen LogP contribution < -0.4 is 4.90 Å². The van der Waals surface area contributed by atoms with E-state index in [-0.39, 0.29) is 34.6 Å². The fraction of sp³-hybridized carbons (Fsp3) is 0.391. The Morgan fingerprint density at radius 3 is 2.62 bits per heavy atom. The normalized spacial score (nSPS) is 14.1. The fourth-order valence-corrected chi connectivity index (χ4v) is 5.20. The molecule has 1 aliphatic heterocycles. The van der Waals surface area contributed by atoms with Crippen molar-refractivity contribution in [1.29, 1.82) is 0 Å². The number of halogens is 2. The van der Waals surface area contributed by atoms with Crippen molar-refractivity contribution in [3.8, 4) is 0 Å². The molecule has 0 atom stereocenters. The molecule has 34 heavy (non-hydrogen) atoms. The number of carbonyl (C=O) groups excluding carboxylic acids is 1. The van der Waals surface area contributed by atoms with E-state index in [9.17, 15) is 14.9 Å². The number of benzene rings is 2. The predicted molar refractivity (Wildman–Crippen MR) is 138 cm³/mol. The first-order valence-electron chi connectivity index (χ1n) is 10.8. The lowest BCUT2D eigenvalue weighted by molar-refractivity contribution is -0.384. The first-order valence-corrected chi connectivity index (χ1v) is 12.0. The summed E-state index contributed by atoms with van der Waals surface area (Å²) in [6.07, 6.45) is 0.728. The zero-order valence-corrected chi connectivity index (χ0v) is 21.3. The van der Waals surface area contributed by atoms with Gasteiger partial charge in [-0.15, -0.1) is 12.4 Å². The number of nitro groups is 1. The molecule has 8 nitrogen and oxygen atoms in total. The number of nitrogens with zero attached hydrogens (tertiary/aromatic N) is 4. The SMILES string of the molecule is Cc1ccc(C)c2sc(N(CCCN3CCOCC3)C(=O)c3cc([N+](=O)[O-])ccc3Cl)nc12.Cl. The van der Waals surface area contributed by atoms with Crippen LogP contribution in [-0.4, -0.2) is 60.1 Å². The van der Waals surface area contributed by atoms with E-state index in [1.807, 2.05) is 26.0 Å². The zero-order valence-electron chi connectivity index (χ0n) is 19.0. The molecule has 0 N–H and O–H groups in total. The van der Waals surface area contributed by atoms with Gasteiger partial charge >= 0.3 is 0 Å². The minimum Gasteiger partial charge on any atom is -0.379 e. The number of aryl methyl sites for hydroxylation is 2. The Hall–Kier alpha value is -2.30. The lowest BCUT2D eigenvalue weighted by Gasteiger charge is -2.27. The van der Waals surface area contributed by atoms with Crippen molar-refractivity contribution in [2.24, 2.45) is 0 Å². The molecule has 0 radical (unpaired) electrons. The van der Waals surface area contributed by atoms with Gasteiger partial charge in [-0.05, 0) is 37.5 Å². The molecule has 4 rings (SSSR count). The van der Waals surface area contributed by atoms with Gasteiger partial charge in [0.1, 0.15) is 0 Å². The van der Waals surface area contributed by atoms with Gasteiger partial charge < -0.3 is 4.74 Å². The van der Waals surface area contributed by atoms with E-state index in [4.69, 9.17) is 21.3 Å². The molecule has 1 fully saturated rings. The Labute approximate surface area is 213 Å². The molecule has 2 heterocycles. The number of nitro benzene ring substituents is 1. The molecule has 0 unspecified atom stereocenters. The number of thiazole rings is 1. The number of hydrogen-bond donors (Lipinski definition) is 0. The highest BCUT2D eigenvalue weighted by Gasteiger charge is 2.26. The van der Waals surface area contributed by atoms with Gasteiger partial charge in [0.15, 0.2) is 5.13 Å². The summed E-state index contributed by atoms with van der Waals surface area (Å²) in [6, 6.07) is 7.99. The lowest BCUT2D eigenvalue weighted by atomic mass is 10.1. The van der Waals surface area contributed by atoms with Crippen LogP contribution in [0.5, 0.6) is 0 Å². The molecule has 3 aromatic rings. The van der Waals surface area contributed by atoms with Crippen LogP contribution in [0, 0.1) is 24.0 Å². The Kier molecular flexibility index (Phi) is 8.83. The summed E-state index contributed by atoms with van der Waals surface area (Å²) in [6.45, 7) is 8.41. The van der Waals surface area contributed by atoms with E-state index in [0.717, 1.165) is 47.4 Å². The number of non-ortho nitro benzene ring substituents is 1. The maximum atomic E-state index is 13.6. The molecule has 2 aromatic carbocycles. The van der Waals surface area contributed by atoms with Crippen molar-refractivity contribution in [3.63, 3.8) is 0 Å². The number of ether oxygens (including phenoxy) is 1. The van der Waals surface area contributed by atoms with Crippen molar-refractivity contribution in [1.82, 2.24) is 9.88 Å². The maximum absolute atomic E-state index is 13.6. The van der Waals surface area contributed by atoms with Crippen LogP contribution in [0.1, 0.15) is 27.9 Å². The number of amides is 1. The molecule has 1 amide bonds. The number of rotatable bonds is 7. The number of morpholine rings is 1. The summed E-state index contributed by atoms with van der Waals surface area (Å²) in [7, 11) is 0. The van der Waals surface area contributed by atoms with Crippen LogP contribution in [0.4, 0.5) is 10.8 Å². The van der Waals surface area contributed by atoms with Gasteiger partial charge in [-0.3, -0.25) is 24.7 Å². The van der Waals surface area contributed by atoms with Gasteiger partial charge in [-0.25, -0.2) is 4.98 Å².